The van der Waals surface area contributed by atoms with Crippen molar-refractivity contribution in [3.05, 3.63) is 23.8 Å². The lowest BCUT2D eigenvalue weighted by molar-refractivity contribution is -0.0582. The molecule has 3 fully saturated rings. The monoisotopic (exact) mass is 414 g/mol. The van der Waals surface area contributed by atoms with Crippen molar-refractivity contribution in [3.63, 3.8) is 0 Å². The zero-order valence-corrected chi connectivity index (χ0v) is 20.2. The molecule has 0 radical (unpaired) electrons. The second kappa shape index (κ2) is 7.77. The van der Waals surface area contributed by atoms with Crippen molar-refractivity contribution in [2.45, 2.75) is 111 Å². The molecule has 0 saturated heterocycles. The standard InChI is InChI=1S/C28H46O2/c1-18(2)28(6,30)16-11-19(3)23-9-10-24-22-8-7-20-17-21(29)12-14-26(20,4)25(22)13-15-27(23,24)5/h7,19,21-25,29-30H,1,8-17H2,2-6H3/t19-,21+,22+,23-,24+,25+,26+,27-,28-/m1/s1. The van der Waals surface area contributed by atoms with E-state index in [4.69, 9.17) is 0 Å². The predicted octanol–water partition coefficient (Wildman–Crippen LogP) is 6.67. The number of fused-ring (bicyclic) bond motifs is 5. The third-order valence-corrected chi connectivity index (χ3v) is 10.8. The van der Waals surface area contributed by atoms with Gasteiger partial charge in [-0.05, 0) is 124 Å². The molecule has 2 heteroatoms. The van der Waals surface area contributed by atoms with Crippen LogP contribution in [0.15, 0.2) is 23.8 Å². The molecule has 0 aromatic carbocycles. The maximum atomic E-state index is 10.7. The number of hydrogen-bond acceptors (Lipinski definition) is 2. The second-order valence-electron chi connectivity index (χ2n) is 12.5. The largest absolute Gasteiger partial charge is 0.393 e. The van der Waals surface area contributed by atoms with Crippen molar-refractivity contribution in [1.82, 2.24) is 0 Å². The lowest BCUT2D eigenvalue weighted by Crippen LogP contribution is -2.50. The van der Waals surface area contributed by atoms with Crippen LogP contribution in [-0.4, -0.2) is 21.9 Å². The Balaban J connectivity index is 1.49. The molecule has 0 aromatic rings. The first-order chi connectivity index (χ1) is 14.0. The number of rotatable bonds is 5. The molecule has 0 spiro atoms. The Morgan fingerprint density at radius 3 is 2.63 bits per heavy atom. The molecule has 0 bridgehead atoms. The van der Waals surface area contributed by atoms with E-state index < -0.39 is 5.60 Å². The average Bonchev–Trinajstić information content (AvgIpc) is 3.04. The third-order valence-electron chi connectivity index (χ3n) is 10.8. The Hall–Kier alpha value is -0.600. The van der Waals surface area contributed by atoms with Gasteiger partial charge < -0.3 is 10.2 Å². The molecule has 9 atom stereocenters. The van der Waals surface area contributed by atoms with Crippen LogP contribution in [-0.2, 0) is 0 Å². The van der Waals surface area contributed by atoms with Gasteiger partial charge in [-0.2, -0.15) is 0 Å². The van der Waals surface area contributed by atoms with E-state index in [1.165, 1.54) is 38.5 Å². The van der Waals surface area contributed by atoms with E-state index in [0.29, 0.717) is 16.7 Å². The minimum absolute atomic E-state index is 0.108. The van der Waals surface area contributed by atoms with E-state index in [-0.39, 0.29) is 6.10 Å². The summed E-state index contributed by atoms with van der Waals surface area (Å²) >= 11 is 0. The lowest BCUT2D eigenvalue weighted by atomic mass is 9.47. The Bertz CT molecular complexity index is 705. The number of hydrogen-bond donors (Lipinski definition) is 2. The van der Waals surface area contributed by atoms with E-state index >= 15 is 0 Å². The summed E-state index contributed by atoms with van der Waals surface area (Å²) in [5, 5.41) is 20.9. The highest BCUT2D eigenvalue weighted by atomic mass is 16.3. The quantitative estimate of drug-likeness (QED) is 0.493. The fourth-order valence-electron chi connectivity index (χ4n) is 8.54. The number of aliphatic hydroxyl groups excluding tert-OH is 1. The van der Waals surface area contributed by atoms with E-state index in [1.54, 1.807) is 5.57 Å². The molecule has 0 unspecified atom stereocenters. The van der Waals surface area contributed by atoms with Crippen LogP contribution >= 0.6 is 0 Å². The highest BCUT2D eigenvalue weighted by Gasteiger charge is 2.59. The molecule has 4 aliphatic carbocycles. The van der Waals surface area contributed by atoms with Gasteiger partial charge in [0.2, 0.25) is 0 Å². The molecule has 4 aliphatic rings. The van der Waals surface area contributed by atoms with Gasteiger partial charge in [-0.15, -0.1) is 0 Å². The molecule has 0 heterocycles. The minimum Gasteiger partial charge on any atom is -0.393 e. The van der Waals surface area contributed by atoms with E-state index in [1.807, 2.05) is 13.8 Å². The zero-order chi connectivity index (χ0) is 21.9. The summed E-state index contributed by atoms with van der Waals surface area (Å²) in [4.78, 5) is 0. The summed E-state index contributed by atoms with van der Waals surface area (Å²) in [5.41, 5.74) is 2.55. The first-order valence-electron chi connectivity index (χ1n) is 12.7. The summed E-state index contributed by atoms with van der Waals surface area (Å²) in [6.45, 7) is 15.5. The molecule has 0 amide bonds. The van der Waals surface area contributed by atoms with Crippen LogP contribution in [0.5, 0.6) is 0 Å². The molecule has 2 N–H and O–H groups in total. The SMILES string of the molecule is C=C(C)[C@](C)(O)CC[C@@H](C)[C@H]1CC[C@H]2[C@@H]3CC=C4C[C@@H](O)CC[C@]4(C)[C@H]3CC[C@]12C. The van der Waals surface area contributed by atoms with Crippen molar-refractivity contribution < 1.29 is 10.2 Å². The summed E-state index contributed by atoms with van der Waals surface area (Å²) in [5.74, 6) is 3.96. The topological polar surface area (TPSA) is 40.5 Å². The molecule has 0 aliphatic heterocycles. The molecule has 0 aromatic heterocycles. The maximum Gasteiger partial charge on any atom is 0.0823 e. The number of allylic oxidation sites excluding steroid dienone is 1. The average molecular weight is 415 g/mol. The normalized spacial score (nSPS) is 46.1. The van der Waals surface area contributed by atoms with Gasteiger partial charge in [0.05, 0.1) is 11.7 Å². The molecular weight excluding hydrogens is 368 g/mol. The fourth-order valence-corrected chi connectivity index (χ4v) is 8.54. The molecular formula is C28H46O2. The zero-order valence-electron chi connectivity index (χ0n) is 20.2. The van der Waals surface area contributed by atoms with Crippen LogP contribution in [0.1, 0.15) is 98.8 Å². The van der Waals surface area contributed by atoms with Gasteiger partial charge >= 0.3 is 0 Å². The van der Waals surface area contributed by atoms with Crippen LogP contribution in [0.25, 0.3) is 0 Å². The van der Waals surface area contributed by atoms with Crippen molar-refractivity contribution in [2.75, 3.05) is 0 Å². The third kappa shape index (κ3) is 3.54. The summed E-state index contributed by atoms with van der Waals surface area (Å²) in [6, 6.07) is 0. The highest BCUT2D eigenvalue weighted by Crippen LogP contribution is 2.67. The Morgan fingerprint density at radius 2 is 1.93 bits per heavy atom. The van der Waals surface area contributed by atoms with Gasteiger partial charge in [0.15, 0.2) is 0 Å². The second-order valence-corrected chi connectivity index (χ2v) is 12.5. The fraction of sp³-hybridized carbons (Fsp3) is 0.857. The summed E-state index contributed by atoms with van der Waals surface area (Å²) in [7, 11) is 0. The van der Waals surface area contributed by atoms with Crippen molar-refractivity contribution in [1.29, 1.82) is 0 Å². The van der Waals surface area contributed by atoms with Crippen LogP contribution in [0, 0.1) is 40.4 Å². The Morgan fingerprint density at radius 1 is 1.20 bits per heavy atom. The van der Waals surface area contributed by atoms with E-state index in [9.17, 15) is 10.2 Å². The summed E-state index contributed by atoms with van der Waals surface area (Å²) in [6.07, 6.45) is 14.2. The van der Waals surface area contributed by atoms with Crippen LogP contribution in [0.4, 0.5) is 0 Å². The first-order valence-corrected chi connectivity index (χ1v) is 12.7. The predicted molar refractivity (Wildman–Crippen MR) is 125 cm³/mol. The Labute approximate surface area is 185 Å². The first kappa shape index (κ1) is 22.6. The van der Waals surface area contributed by atoms with Gasteiger partial charge in [0.25, 0.3) is 0 Å². The van der Waals surface area contributed by atoms with Crippen LogP contribution in [0.3, 0.4) is 0 Å². The minimum atomic E-state index is -0.727. The smallest absolute Gasteiger partial charge is 0.0823 e. The van der Waals surface area contributed by atoms with Gasteiger partial charge in [0.1, 0.15) is 0 Å². The van der Waals surface area contributed by atoms with Crippen LogP contribution in [0.2, 0.25) is 0 Å². The van der Waals surface area contributed by atoms with E-state index in [2.05, 4.69) is 33.4 Å². The van der Waals surface area contributed by atoms with Crippen molar-refractivity contribution in [2.24, 2.45) is 40.4 Å². The molecule has 3 saturated carbocycles. The van der Waals surface area contributed by atoms with E-state index in [0.717, 1.165) is 54.9 Å². The van der Waals surface area contributed by atoms with Crippen LogP contribution < -0.4 is 0 Å². The van der Waals surface area contributed by atoms with Crippen molar-refractivity contribution >= 4 is 0 Å². The molecule has 30 heavy (non-hydrogen) atoms. The Kier molecular flexibility index (Phi) is 5.85. The van der Waals surface area contributed by atoms with Gasteiger partial charge in [0, 0.05) is 0 Å². The van der Waals surface area contributed by atoms with Gasteiger partial charge in [-0.3, -0.25) is 0 Å². The number of aliphatic hydroxyl groups is 2. The summed E-state index contributed by atoms with van der Waals surface area (Å²) < 4.78 is 0. The van der Waals surface area contributed by atoms with Gasteiger partial charge in [-0.1, -0.05) is 39.0 Å². The highest BCUT2D eigenvalue weighted by molar-refractivity contribution is 5.25. The molecule has 2 nitrogen and oxygen atoms in total. The van der Waals surface area contributed by atoms with Crippen molar-refractivity contribution in [3.8, 4) is 0 Å². The molecule has 4 rings (SSSR count). The molecule has 170 valence electrons. The maximum absolute atomic E-state index is 10.7. The van der Waals surface area contributed by atoms with Gasteiger partial charge in [-0.25, -0.2) is 0 Å². The lowest BCUT2D eigenvalue weighted by Gasteiger charge is -2.58.